The molecule has 0 heterocycles. The van der Waals surface area contributed by atoms with Crippen molar-refractivity contribution in [1.29, 1.82) is 0 Å². The van der Waals surface area contributed by atoms with Gasteiger partial charge in [-0.25, -0.2) is 0 Å². The van der Waals surface area contributed by atoms with Gasteiger partial charge in [-0.05, 0) is 29.4 Å². The Labute approximate surface area is 98.9 Å². The molecule has 0 saturated carbocycles. The van der Waals surface area contributed by atoms with E-state index in [-0.39, 0.29) is 11.3 Å². The fourth-order valence-corrected chi connectivity index (χ4v) is 1.63. The maximum absolute atomic E-state index is 10.5. The Morgan fingerprint density at radius 3 is 2.19 bits per heavy atom. The summed E-state index contributed by atoms with van der Waals surface area (Å²) in [6, 6.07) is 8.75. The Morgan fingerprint density at radius 2 is 1.75 bits per heavy atom. The quantitative estimate of drug-likeness (QED) is 0.703. The minimum absolute atomic E-state index is 0.169. The molecular weight excluding hydrogens is 196 g/mol. The van der Waals surface area contributed by atoms with Crippen LogP contribution in [0.25, 0.3) is 0 Å². The van der Waals surface area contributed by atoms with Gasteiger partial charge in [-0.15, -0.1) is 0 Å². The normalized spacial score (nSPS) is 13.5. The predicted molar refractivity (Wildman–Crippen MR) is 68.7 cm³/mol. The highest BCUT2D eigenvalue weighted by Crippen LogP contribution is 2.22. The minimum atomic E-state index is 0.169. The van der Waals surface area contributed by atoms with Crippen LogP contribution in [0, 0.1) is 5.92 Å². The summed E-state index contributed by atoms with van der Waals surface area (Å²) in [6.07, 6.45) is 2.96. The van der Waals surface area contributed by atoms with Crippen molar-refractivity contribution in [1.82, 2.24) is 0 Å². The average molecular weight is 218 g/mol. The summed E-state index contributed by atoms with van der Waals surface area (Å²) in [5, 5.41) is 0. The molecule has 1 aromatic rings. The third-order valence-electron chi connectivity index (χ3n) is 2.94. The molecule has 16 heavy (non-hydrogen) atoms. The van der Waals surface area contributed by atoms with Gasteiger partial charge >= 0.3 is 0 Å². The lowest BCUT2D eigenvalue weighted by molar-refractivity contribution is -0.110. The largest absolute Gasteiger partial charge is 0.303 e. The fraction of sp³-hybridized carbons (Fsp3) is 0.533. The molecule has 0 aliphatic rings. The van der Waals surface area contributed by atoms with Crippen LogP contribution in [0.4, 0.5) is 0 Å². The zero-order chi connectivity index (χ0) is 12.2. The Balaban J connectivity index is 2.62. The third-order valence-corrected chi connectivity index (χ3v) is 2.94. The second-order valence-electron chi connectivity index (χ2n) is 5.60. The van der Waals surface area contributed by atoms with Crippen LogP contribution in [0.1, 0.15) is 45.2 Å². The summed E-state index contributed by atoms with van der Waals surface area (Å²) in [7, 11) is 0. The van der Waals surface area contributed by atoms with Gasteiger partial charge in [0.2, 0.25) is 0 Å². The smallest absolute Gasteiger partial charge is 0.122 e. The topological polar surface area (TPSA) is 17.1 Å². The van der Waals surface area contributed by atoms with Crippen LogP contribution in [-0.2, 0) is 16.6 Å². The lowest BCUT2D eigenvalue weighted by Crippen LogP contribution is -2.10. The number of hydrogen-bond donors (Lipinski definition) is 0. The molecule has 1 heteroatoms. The Hall–Kier alpha value is -1.11. The predicted octanol–water partition coefficient (Wildman–Crippen LogP) is 3.75. The van der Waals surface area contributed by atoms with Gasteiger partial charge in [0.1, 0.15) is 6.29 Å². The van der Waals surface area contributed by atoms with Crippen molar-refractivity contribution < 1.29 is 4.79 Å². The maximum Gasteiger partial charge on any atom is 0.122 e. The second-order valence-corrected chi connectivity index (χ2v) is 5.60. The standard InChI is InChI=1S/C15H22O/c1-12(11-16)5-6-13-7-9-14(10-8-13)15(2,3)4/h7-12H,5-6H2,1-4H3. The molecule has 1 unspecified atom stereocenters. The number of rotatable bonds is 4. The zero-order valence-electron chi connectivity index (χ0n) is 10.8. The number of carbonyl (C=O) groups excluding carboxylic acids is 1. The highest BCUT2D eigenvalue weighted by atomic mass is 16.1. The molecule has 0 spiro atoms. The molecule has 1 rings (SSSR count). The molecule has 1 nitrogen and oxygen atoms in total. The summed E-state index contributed by atoms with van der Waals surface area (Å²) < 4.78 is 0. The van der Waals surface area contributed by atoms with E-state index in [0.29, 0.717) is 0 Å². The van der Waals surface area contributed by atoms with Crippen LogP contribution < -0.4 is 0 Å². The maximum atomic E-state index is 10.5. The molecule has 0 fully saturated rings. The van der Waals surface area contributed by atoms with E-state index in [1.165, 1.54) is 11.1 Å². The van der Waals surface area contributed by atoms with Gasteiger partial charge in [-0.2, -0.15) is 0 Å². The number of benzene rings is 1. The van der Waals surface area contributed by atoms with Crippen LogP contribution in [0.5, 0.6) is 0 Å². The first-order valence-electron chi connectivity index (χ1n) is 5.98. The van der Waals surface area contributed by atoms with Crippen molar-refractivity contribution >= 4 is 6.29 Å². The SMILES string of the molecule is CC(C=O)CCc1ccc(C(C)(C)C)cc1. The molecule has 0 bridgehead atoms. The molecule has 1 atom stereocenters. The van der Waals surface area contributed by atoms with E-state index in [4.69, 9.17) is 0 Å². The highest BCUT2D eigenvalue weighted by Gasteiger charge is 2.12. The van der Waals surface area contributed by atoms with Gasteiger partial charge < -0.3 is 4.79 Å². The number of aryl methyl sites for hydroxylation is 1. The monoisotopic (exact) mass is 218 g/mol. The molecular formula is C15H22O. The first-order chi connectivity index (χ1) is 7.43. The van der Waals surface area contributed by atoms with E-state index in [9.17, 15) is 4.79 Å². The van der Waals surface area contributed by atoms with E-state index >= 15 is 0 Å². The van der Waals surface area contributed by atoms with Crippen LogP contribution in [-0.4, -0.2) is 6.29 Å². The summed E-state index contributed by atoms with van der Waals surface area (Å²) in [6.45, 7) is 8.62. The molecule has 88 valence electrons. The second kappa shape index (κ2) is 5.29. The highest BCUT2D eigenvalue weighted by molar-refractivity contribution is 5.52. The number of carbonyl (C=O) groups is 1. The first kappa shape index (κ1) is 13.0. The average Bonchev–Trinajstić information content (AvgIpc) is 2.25. The van der Waals surface area contributed by atoms with E-state index in [1.54, 1.807) is 0 Å². The minimum Gasteiger partial charge on any atom is -0.303 e. The van der Waals surface area contributed by atoms with E-state index < -0.39 is 0 Å². The van der Waals surface area contributed by atoms with Crippen molar-refractivity contribution in [2.45, 2.75) is 46.0 Å². The van der Waals surface area contributed by atoms with Crippen molar-refractivity contribution in [3.05, 3.63) is 35.4 Å². The Morgan fingerprint density at radius 1 is 1.19 bits per heavy atom. The summed E-state index contributed by atoms with van der Waals surface area (Å²) >= 11 is 0. The van der Waals surface area contributed by atoms with Crippen molar-refractivity contribution in [3.63, 3.8) is 0 Å². The molecule has 0 aliphatic heterocycles. The number of aldehydes is 1. The van der Waals surface area contributed by atoms with Gasteiger partial charge in [0.15, 0.2) is 0 Å². The van der Waals surface area contributed by atoms with Gasteiger partial charge in [-0.1, -0.05) is 52.0 Å². The van der Waals surface area contributed by atoms with Gasteiger partial charge in [-0.3, -0.25) is 0 Å². The molecule has 0 N–H and O–H groups in total. The molecule has 0 saturated heterocycles. The van der Waals surface area contributed by atoms with E-state index in [1.807, 2.05) is 6.92 Å². The van der Waals surface area contributed by atoms with E-state index in [0.717, 1.165) is 19.1 Å². The molecule has 1 aromatic carbocycles. The van der Waals surface area contributed by atoms with Crippen LogP contribution >= 0.6 is 0 Å². The Bertz CT molecular complexity index is 329. The van der Waals surface area contributed by atoms with Gasteiger partial charge in [0.25, 0.3) is 0 Å². The summed E-state index contributed by atoms with van der Waals surface area (Å²) in [5.41, 5.74) is 2.90. The van der Waals surface area contributed by atoms with Crippen LogP contribution in [0.15, 0.2) is 24.3 Å². The zero-order valence-corrected chi connectivity index (χ0v) is 10.8. The van der Waals surface area contributed by atoms with Crippen molar-refractivity contribution in [3.8, 4) is 0 Å². The van der Waals surface area contributed by atoms with Crippen molar-refractivity contribution in [2.24, 2.45) is 5.92 Å². The van der Waals surface area contributed by atoms with Gasteiger partial charge in [0.05, 0.1) is 0 Å². The third kappa shape index (κ3) is 3.80. The summed E-state index contributed by atoms with van der Waals surface area (Å²) in [5.74, 6) is 0.169. The fourth-order valence-electron chi connectivity index (χ4n) is 1.63. The molecule has 0 aliphatic carbocycles. The number of hydrogen-bond acceptors (Lipinski definition) is 1. The molecule has 0 radical (unpaired) electrons. The molecule has 0 aromatic heterocycles. The van der Waals surface area contributed by atoms with E-state index in [2.05, 4.69) is 45.0 Å². The van der Waals surface area contributed by atoms with Crippen molar-refractivity contribution in [2.75, 3.05) is 0 Å². The van der Waals surface area contributed by atoms with Gasteiger partial charge in [0, 0.05) is 5.92 Å². The molecule has 0 amide bonds. The Kier molecular flexibility index (Phi) is 4.28. The van der Waals surface area contributed by atoms with Crippen LogP contribution in [0.2, 0.25) is 0 Å². The first-order valence-corrected chi connectivity index (χ1v) is 5.98. The van der Waals surface area contributed by atoms with Crippen LogP contribution in [0.3, 0.4) is 0 Å². The summed E-state index contributed by atoms with van der Waals surface area (Å²) in [4.78, 5) is 10.5. The lowest BCUT2D eigenvalue weighted by Gasteiger charge is -2.19. The lowest BCUT2D eigenvalue weighted by atomic mass is 9.86.